The van der Waals surface area contributed by atoms with Crippen molar-refractivity contribution in [3.05, 3.63) is 29.8 Å². The molecule has 2 nitrogen and oxygen atoms in total. The molecule has 3 heteroatoms. The summed E-state index contributed by atoms with van der Waals surface area (Å²) in [5, 5.41) is 3.53. The third kappa shape index (κ3) is 5.01. The predicted octanol–water partition coefficient (Wildman–Crippen LogP) is 3.87. The minimum atomic E-state index is -0.109. The molecule has 1 atom stereocenters. The number of nitrogens with one attached hydrogen (secondary N) is 1. The van der Waals surface area contributed by atoms with Crippen LogP contribution < -0.4 is 5.32 Å². The molecule has 0 aliphatic rings. The molecule has 0 saturated carbocycles. The van der Waals surface area contributed by atoms with Crippen molar-refractivity contribution in [2.75, 3.05) is 19.4 Å². The lowest BCUT2D eigenvalue weighted by atomic mass is 10.1. The summed E-state index contributed by atoms with van der Waals surface area (Å²) in [5.41, 5.74) is 1.21. The summed E-state index contributed by atoms with van der Waals surface area (Å²) in [5.74, 6) is 0. The average molecular weight is 267 g/mol. The quantitative estimate of drug-likeness (QED) is 0.758. The van der Waals surface area contributed by atoms with Crippen LogP contribution >= 0.6 is 11.8 Å². The van der Waals surface area contributed by atoms with Crippen molar-refractivity contribution in [1.29, 1.82) is 0 Å². The Morgan fingerprint density at radius 3 is 2.39 bits per heavy atom. The molecule has 0 bridgehead atoms. The van der Waals surface area contributed by atoms with Crippen molar-refractivity contribution >= 4 is 11.8 Å². The number of benzene rings is 1. The molecule has 1 N–H and O–H groups in total. The van der Waals surface area contributed by atoms with Gasteiger partial charge in [-0.15, -0.1) is 11.8 Å². The molecule has 0 heterocycles. The van der Waals surface area contributed by atoms with Gasteiger partial charge in [0.2, 0.25) is 0 Å². The molecule has 0 saturated heterocycles. The molecule has 0 fully saturated rings. The first kappa shape index (κ1) is 15.5. The van der Waals surface area contributed by atoms with Crippen molar-refractivity contribution in [3.8, 4) is 0 Å². The summed E-state index contributed by atoms with van der Waals surface area (Å²) in [6, 6.07) is 9.08. The van der Waals surface area contributed by atoms with E-state index in [-0.39, 0.29) is 5.60 Å². The Morgan fingerprint density at radius 2 is 1.89 bits per heavy atom. The van der Waals surface area contributed by atoms with Crippen LogP contribution in [0.15, 0.2) is 29.2 Å². The molecular formula is C15H25NOS. The van der Waals surface area contributed by atoms with E-state index in [4.69, 9.17) is 4.74 Å². The van der Waals surface area contributed by atoms with Crippen molar-refractivity contribution in [3.63, 3.8) is 0 Å². The minimum Gasteiger partial charge on any atom is -0.375 e. The van der Waals surface area contributed by atoms with Crippen LogP contribution in [0.4, 0.5) is 0 Å². The molecular weight excluding hydrogens is 242 g/mol. The molecule has 0 aromatic heterocycles. The fraction of sp³-hybridized carbons (Fsp3) is 0.600. The van der Waals surface area contributed by atoms with Gasteiger partial charge in [-0.1, -0.05) is 12.1 Å². The average Bonchev–Trinajstić information content (AvgIpc) is 2.36. The van der Waals surface area contributed by atoms with Crippen molar-refractivity contribution in [1.82, 2.24) is 5.32 Å². The summed E-state index contributed by atoms with van der Waals surface area (Å²) in [6.07, 6.45) is 2.10. The Labute approximate surface area is 116 Å². The zero-order valence-corrected chi connectivity index (χ0v) is 12.9. The lowest BCUT2D eigenvalue weighted by molar-refractivity contribution is -0.0103. The molecule has 0 aliphatic carbocycles. The molecule has 0 aliphatic heterocycles. The van der Waals surface area contributed by atoms with E-state index in [1.807, 2.05) is 6.92 Å². The van der Waals surface area contributed by atoms with Gasteiger partial charge >= 0.3 is 0 Å². The van der Waals surface area contributed by atoms with Crippen molar-refractivity contribution in [2.45, 2.75) is 44.2 Å². The molecule has 1 unspecified atom stereocenters. The lowest BCUT2D eigenvalue weighted by Crippen LogP contribution is -2.38. The van der Waals surface area contributed by atoms with Crippen LogP contribution in [0.1, 0.15) is 39.3 Å². The van der Waals surface area contributed by atoms with Crippen LogP contribution in [0.3, 0.4) is 0 Å². The Balaban J connectivity index is 2.51. The lowest BCUT2D eigenvalue weighted by Gasteiger charge is -2.27. The topological polar surface area (TPSA) is 21.3 Å². The van der Waals surface area contributed by atoms with Crippen molar-refractivity contribution in [2.24, 2.45) is 0 Å². The maximum absolute atomic E-state index is 5.69. The number of thioether (sulfide) groups is 1. The highest BCUT2D eigenvalue weighted by Gasteiger charge is 2.18. The van der Waals surface area contributed by atoms with Gasteiger partial charge in [-0.05, 0) is 51.6 Å². The highest BCUT2D eigenvalue weighted by atomic mass is 32.2. The molecule has 0 spiro atoms. The van der Waals surface area contributed by atoms with Gasteiger partial charge in [-0.25, -0.2) is 0 Å². The van der Waals surface area contributed by atoms with Gasteiger partial charge in [0.05, 0.1) is 5.60 Å². The summed E-state index contributed by atoms with van der Waals surface area (Å²) < 4.78 is 5.69. The fourth-order valence-corrected chi connectivity index (χ4v) is 2.26. The van der Waals surface area contributed by atoms with Gasteiger partial charge in [0.15, 0.2) is 0 Å². The second kappa shape index (κ2) is 7.17. The van der Waals surface area contributed by atoms with E-state index in [2.05, 4.69) is 56.6 Å². The summed E-state index contributed by atoms with van der Waals surface area (Å²) in [6.45, 7) is 10.1. The first-order valence-electron chi connectivity index (χ1n) is 6.50. The van der Waals surface area contributed by atoms with Crippen molar-refractivity contribution < 1.29 is 4.74 Å². The van der Waals surface area contributed by atoms with Gasteiger partial charge < -0.3 is 10.1 Å². The standard InChI is InChI=1S/C15H25NOS/c1-6-17-15(3,4)11-16-12(2)13-7-9-14(18-5)10-8-13/h7-10,12,16H,6,11H2,1-5H3. The number of hydrogen-bond donors (Lipinski definition) is 1. The number of rotatable bonds is 7. The zero-order valence-electron chi connectivity index (χ0n) is 12.1. The SMILES string of the molecule is CCOC(C)(C)CNC(C)c1ccc(SC)cc1. The smallest absolute Gasteiger partial charge is 0.0750 e. The van der Waals surface area contributed by atoms with Crippen LogP contribution in [0.2, 0.25) is 0 Å². The molecule has 102 valence electrons. The number of hydrogen-bond acceptors (Lipinski definition) is 3. The van der Waals surface area contributed by atoms with E-state index in [1.54, 1.807) is 11.8 Å². The van der Waals surface area contributed by atoms with E-state index < -0.39 is 0 Å². The van der Waals surface area contributed by atoms with E-state index in [1.165, 1.54) is 10.5 Å². The molecule has 18 heavy (non-hydrogen) atoms. The summed E-state index contributed by atoms with van der Waals surface area (Å²) in [7, 11) is 0. The van der Waals surface area contributed by atoms with Crippen LogP contribution in [0, 0.1) is 0 Å². The van der Waals surface area contributed by atoms with Gasteiger partial charge in [-0.3, -0.25) is 0 Å². The normalized spacial score (nSPS) is 13.6. The Hall–Kier alpha value is -0.510. The van der Waals surface area contributed by atoms with Gasteiger partial charge in [-0.2, -0.15) is 0 Å². The summed E-state index contributed by atoms with van der Waals surface area (Å²) >= 11 is 1.77. The maximum atomic E-state index is 5.69. The van der Waals surface area contributed by atoms with E-state index in [0.717, 1.165) is 13.2 Å². The highest BCUT2D eigenvalue weighted by Crippen LogP contribution is 2.19. The Bertz CT molecular complexity index is 348. The van der Waals surface area contributed by atoms with Gasteiger partial charge in [0.25, 0.3) is 0 Å². The molecule has 1 rings (SSSR count). The van der Waals surface area contributed by atoms with Crippen LogP contribution in [-0.2, 0) is 4.74 Å². The molecule has 1 aromatic rings. The summed E-state index contributed by atoms with van der Waals surface area (Å²) in [4.78, 5) is 1.31. The predicted molar refractivity (Wildman–Crippen MR) is 80.3 cm³/mol. The highest BCUT2D eigenvalue weighted by molar-refractivity contribution is 7.98. The molecule has 1 aromatic carbocycles. The molecule has 0 amide bonds. The third-order valence-corrected chi connectivity index (χ3v) is 3.73. The van der Waals surface area contributed by atoms with E-state index in [9.17, 15) is 0 Å². The fourth-order valence-electron chi connectivity index (χ4n) is 1.85. The first-order valence-corrected chi connectivity index (χ1v) is 7.72. The maximum Gasteiger partial charge on any atom is 0.0750 e. The minimum absolute atomic E-state index is 0.109. The van der Waals surface area contributed by atoms with E-state index >= 15 is 0 Å². The third-order valence-electron chi connectivity index (χ3n) is 2.98. The Morgan fingerprint density at radius 1 is 1.28 bits per heavy atom. The second-order valence-corrected chi connectivity index (χ2v) is 5.95. The van der Waals surface area contributed by atoms with Crippen LogP contribution in [0.25, 0.3) is 0 Å². The largest absolute Gasteiger partial charge is 0.375 e. The number of ether oxygens (including phenoxy) is 1. The van der Waals surface area contributed by atoms with Gasteiger partial charge in [0.1, 0.15) is 0 Å². The Kier molecular flexibility index (Phi) is 6.19. The molecule has 0 radical (unpaired) electrons. The zero-order chi connectivity index (χ0) is 13.6. The van der Waals surface area contributed by atoms with E-state index in [0.29, 0.717) is 6.04 Å². The van der Waals surface area contributed by atoms with Crippen LogP contribution in [0.5, 0.6) is 0 Å². The van der Waals surface area contributed by atoms with Crippen LogP contribution in [-0.4, -0.2) is 25.0 Å². The second-order valence-electron chi connectivity index (χ2n) is 5.07. The first-order chi connectivity index (χ1) is 8.48. The monoisotopic (exact) mass is 267 g/mol. The van der Waals surface area contributed by atoms with Gasteiger partial charge in [0, 0.05) is 24.1 Å².